The highest BCUT2D eigenvalue weighted by Gasteiger charge is 2.14. The van der Waals surface area contributed by atoms with Gasteiger partial charge in [0.25, 0.3) is 5.91 Å². The fraction of sp³-hybridized carbons (Fsp3) is 0.129. The molecule has 0 bridgehead atoms. The van der Waals surface area contributed by atoms with E-state index in [-0.39, 0.29) is 11.7 Å². The molecular weight excluding hydrogens is 435 g/mol. The fourth-order valence-corrected chi connectivity index (χ4v) is 4.68. The van der Waals surface area contributed by atoms with E-state index in [0.29, 0.717) is 24.0 Å². The van der Waals surface area contributed by atoms with Gasteiger partial charge in [-0.05, 0) is 77.9 Å². The molecule has 5 rings (SSSR count). The smallest absolute Gasteiger partial charge is 0.251 e. The Morgan fingerprint density at radius 2 is 1.46 bits per heavy atom. The maximum Gasteiger partial charge on any atom is 0.251 e. The van der Waals surface area contributed by atoms with E-state index in [1.54, 1.807) is 6.07 Å². The Hall–Kier alpha value is -4.18. The number of amides is 1. The second-order valence-electron chi connectivity index (χ2n) is 8.87. The van der Waals surface area contributed by atoms with Crippen LogP contribution in [-0.2, 0) is 6.42 Å². The summed E-state index contributed by atoms with van der Waals surface area (Å²) < 4.78 is 14.2. The number of benzene rings is 4. The molecule has 0 saturated carbocycles. The van der Waals surface area contributed by atoms with Gasteiger partial charge < -0.3 is 10.3 Å². The lowest BCUT2D eigenvalue weighted by atomic mass is 9.98. The van der Waals surface area contributed by atoms with Gasteiger partial charge in [-0.3, -0.25) is 4.79 Å². The normalized spacial score (nSPS) is 11.1. The van der Waals surface area contributed by atoms with Crippen molar-refractivity contribution in [2.75, 3.05) is 6.54 Å². The average Bonchev–Trinajstić information content (AvgIpc) is 3.24. The maximum atomic E-state index is 14.2. The van der Waals surface area contributed by atoms with Crippen LogP contribution in [0.15, 0.2) is 91.0 Å². The molecule has 0 unspecified atom stereocenters. The number of aromatic nitrogens is 1. The second-order valence-corrected chi connectivity index (χ2v) is 8.87. The summed E-state index contributed by atoms with van der Waals surface area (Å²) in [4.78, 5) is 15.9. The molecule has 1 heterocycles. The molecule has 35 heavy (non-hydrogen) atoms. The molecule has 5 aromatic rings. The van der Waals surface area contributed by atoms with Crippen LogP contribution >= 0.6 is 0 Å². The zero-order valence-electron chi connectivity index (χ0n) is 19.9. The first-order chi connectivity index (χ1) is 17.0. The number of hydrogen-bond donors (Lipinski definition) is 2. The molecule has 1 aromatic heterocycles. The Kier molecular flexibility index (Phi) is 6.19. The van der Waals surface area contributed by atoms with Gasteiger partial charge in [0.15, 0.2) is 0 Å². The second kappa shape index (κ2) is 9.59. The van der Waals surface area contributed by atoms with E-state index in [9.17, 15) is 9.18 Å². The van der Waals surface area contributed by atoms with Crippen molar-refractivity contribution in [3.8, 4) is 22.3 Å². The summed E-state index contributed by atoms with van der Waals surface area (Å²) in [7, 11) is 0. The lowest BCUT2D eigenvalue weighted by Crippen LogP contribution is -2.25. The van der Waals surface area contributed by atoms with Crippen LogP contribution in [0.4, 0.5) is 4.39 Å². The van der Waals surface area contributed by atoms with E-state index in [4.69, 9.17) is 0 Å². The van der Waals surface area contributed by atoms with E-state index in [2.05, 4.69) is 46.7 Å². The zero-order chi connectivity index (χ0) is 24.4. The van der Waals surface area contributed by atoms with Crippen LogP contribution in [0, 0.1) is 19.7 Å². The molecule has 0 fully saturated rings. The van der Waals surface area contributed by atoms with Gasteiger partial charge in [0.1, 0.15) is 5.82 Å². The summed E-state index contributed by atoms with van der Waals surface area (Å²) in [5, 5.41) is 3.92. The van der Waals surface area contributed by atoms with Gasteiger partial charge in [-0.15, -0.1) is 0 Å². The summed E-state index contributed by atoms with van der Waals surface area (Å²) >= 11 is 0. The molecule has 0 atom stereocenters. The van der Waals surface area contributed by atoms with Gasteiger partial charge in [-0.25, -0.2) is 4.39 Å². The van der Waals surface area contributed by atoms with Crippen LogP contribution in [0.3, 0.4) is 0 Å². The number of rotatable bonds is 6. The lowest BCUT2D eigenvalue weighted by molar-refractivity contribution is 0.0954. The summed E-state index contributed by atoms with van der Waals surface area (Å²) in [5.74, 6) is -0.367. The molecule has 0 saturated heterocycles. The van der Waals surface area contributed by atoms with Crippen molar-refractivity contribution in [1.82, 2.24) is 10.3 Å². The van der Waals surface area contributed by atoms with Gasteiger partial charge in [0.2, 0.25) is 0 Å². The molecule has 1 amide bonds. The van der Waals surface area contributed by atoms with E-state index >= 15 is 0 Å². The highest BCUT2D eigenvalue weighted by molar-refractivity contribution is 5.95. The first-order valence-electron chi connectivity index (χ1n) is 11.8. The van der Waals surface area contributed by atoms with E-state index in [1.807, 2.05) is 56.3 Å². The highest BCUT2D eigenvalue weighted by Crippen LogP contribution is 2.28. The molecule has 0 aliphatic rings. The lowest BCUT2D eigenvalue weighted by Gasteiger charge is -2.09. The first-order valence-corrected chi connectivity index (χ1v) is 11.8. The number of aromatic amines is 1. The minimum Gasteiger partial charge on any atom is -0.356 e. The highest BCUT2D eigenvalue weighted by atomic mass is 19.1. The van der Waals surface area contributed by atoms with Crippen LogP contribution in [-0.4, -0.2) is 17.4 Å². The van der Waals surface area contributed by atoms with Crippen molar-refractivity contribution in [2.24, 2.45) is 0 Å². The molecule has 0 spiro atoms. The van der Waals surface area contributed by atoms with Crippen molar-refractivity contribution >= 4 is 16.8 Å². The number of fused-ring (bicyclic) bond motifs is 1. The molecule has 0 aliphatic carbocycles. The minimum absolute atomic E-state index is 0.116. The van der Waals surface area contributed by atoms with Gasteiger partial charge in [0.05, 0.1) is 5.52 Å². The third-order valence-electron chi connectivity index (χ3n) is 6.54. The minimum atomic E-state index is -0.251. The molecule has 2 N–H and O–H groups in total. The van der Waals surface area contributed by atoms with Gasteiger partial charge in [0, 0.05) is 23.2 Å². The summed E-state index contributed by atoms with van der Waals surface area (Å²) in [6, 6.07) is 29.6. The van der Waals surface area contributed by atoms with E-state index in [1.165, 1.54) is 11.6 Å². The fourth-order valence-electron chi connectivity index (χ4n) is 4.68. The van der Waals surface area contributed by atoms with Gasteiger partial charge >= 0.3 is 0 Å². The molecule has 0 radical (unpaired) electrons. The first kappa shape index (κ1) is 22.6. The quantitative estimate of drug-likeness (QED) is 0.275. The Bertz CT molecular complexity index is 1500. The molecule has 174 valence electrons. The SMILES string of the molecule is Cc1[nH]c2c(F)ccc(C)c2c1CCNC(=O)c1ccc(-c2cccc(-c3ccccc3)c2)cc1. The van der Waals surface area contributed by atoms with Gasteiger partial charge in [-0.1, -0.05) is 66.7 Å². The van der Waals surface area contributed by atoms with Crippen LogP contribution in [0.25, 0.3) is 33.2 Å². The number of carbonyl (C=O) groups excluding carboxylic acids is 1. The third-order valence-corrected chi connectivity index (χ3v) is 6.54. The standard InChI is InChI=1S/C31H27FN2O/c1-20-11-16-28(32)30-29(20)27(21(2)34-30)17-18-33-31(35)24-14-12-23(13-15-24)26-10-6-9-25(19-26)22-7-4-3-5-8-22/h3-16,19,34H,17-18H2,1-2H3,(H,33,35). The number of H-pyrrole nitrogens is 1. The largest absolute Gasteiger partial charge is 0.356 e. The molecule has 4 heteroatoms. The zero-order valence-corrected chi connectivity index (χ0v) is 19.9. The Morgan fingerprint density at radius 3 is 2.17 bits per heavy atom. The average molecular weight is 463 g/mol. The number of hydrogen-bond acceptors (Lipinski definition) is 1. The number of nitrogens with one attached hydrogen (secondary N) is 2. The number of carbonyl (C=O) groups is 1. The monoisotopic (exact) mass is 462 g/mol. The third kappa shape index (κ3) is 4.60. The number of aryl methyl sites for hydroxylation is 2. The van der Waals surface area contributed by atoms with Crippen molar-refractivity contribution in [2.45, 2.75) is 20.3 Å². The summed E-state index contributed by atoms with van der Waals surface area (Å²) in [5.41, 5.74) is 8.67. The number of halogens is 1. The molecule has 0 aliphatic heterocycles. The Labute approximate surface area is 204 Å². The Balaban J connectivity index is 1.26. The van der Waals surface area contributed by atoms with Gasteiger partial charge in [-0.2, -0.15) is 0 Å². The van der Waals surface area contributed by atoms with Crippen molar-refractivity contribution < 1.29 is 9.18 Å². The van der Waals surface area contributed by atoms with Crippen LogP contribution < -0.4 is 5.32 Å². The van der Waals surface area contributed by atoms with E-state index < -0.39 is 0 Å². The van der Waals surface area contributed by atoms with Crippen LogP contribution in [0.1, 0.15) is 27.2 Å². The predicted molar refractivity (Wildman–Crippen MR) is 141 cm³/mol. The topological polar surface area (TPSA) is 44.9 Å². The summed E-state index contributed by atoms with van der Waals surface area (Å²) in [6.07, 6.45) is 0.631. The van der Waals surface area contributed by atoms with Crippen LogP contribution in [0.5, 0.6) is 0 Å². The maximum absolute atomic E-state index is 14.2. The molecular formula is C31H27FN2O. The van der Waals surface area contributed by atoms with Crippen molar-refractivity contribution in [3.05, 3.63) is 119 Å². The molecule has 4 aromatic carbocycles. The van der Waals surface area contributed by atoms with Crippen molar-refractivity contribution in [1.29, 1.82) is 0 Å². The van der Waals surface area contributed by atoms with E-state index in [0.717, 1.165) is 38.9 Å². The van der Waals surface area contributed by atoms with Crippen molar-refractivity contribution in [3.63, 3.8) is 0 Å². The summed E-state index contributed by atoms with van der Waals surface area (Å²) in [6.45, 7) is 4.40. The predicted octanol–water partition coefficient (Wildman–Crippen LogP) is 7.23. The Morgan fingerprint density at radius 1 is 0.800 bits per heavy atom. The van der Waals surface area contributed by atoms with Crippen LogP contribution in [0.2, 0.25) is 0 Å². The molecule has 3 nitrogen and oxygen atoms in total.